The number of nitriles is 1. The first kappa shape index (κ1) is 12.3. The highest BCUT2D eigenvalue weighted by molar-refractivity contribution is 5.31. The molecule has 1 heteroatoms. The van der Waals surface area contributed by atoms with Gasteiger partial charge in [0.1, 0.15) is 0 Å². The Hall–Kier alpha value is -0.770. The van der Waals surface area contributed by atoms with E-state index in [9.17, 15) is 5.26 Å². The number of rotatable bonds is 1. The molecule has 0 heterocycles. The van der Waals surface area contributed by atoms with Crippen LogP contribution in [-0.4, -0.2) is 0 Å². The first-order valence-corrected chi connectivity index (χ1v) is 7.90. The van der Waals surface area contributed by atoms with Crippen molar-refractivity contribution in [3.8, 4) is 6.07 Å². The van der Waals surface area contributed by atoms with E-state index in [0.29, 0.717) is 5.41 Å². The van der Waals surface area contributed by atoms with E-state index in [1.54, 1.807) is 0 Å². The molecule has 0 aromatic carbocycles. The van der Waals surface area contributed by atoms with Crippen LogP contribution in [-0.2, 0) is 0 Å². The van der Waals surface area contributed by atoms with Crippen molar-refractivity contribution in [3.63, 3.8) is 0 Å². The molecular formula is C17H25N. The van der Waals surface area contributed by atoms with Gasteiger partial charge in [-0.3, -0.25) is 0 Å². The molecule has 1 nitrogen and oxygen atoms in total. The summed E-state index contributed by atoms with van der Waals surface area (Å²) in [6.45, 7) is 0. The van der Waals surface area contributed by atoms with E-state index in [-0.39, 0.29) is 5.41 Å². The van der Waals surface area contributed by atoms with Crippen LogP contribution in [0.4, 0.5) is 0 Å². The maximum Gasteiger partial charge on any atom is 0.0793 e. The van der Waals surface area contributed by atoms with Crippen molar-refractivity contribution in [2.75, 3.05) is 0 Å². The van der Waals surface area contributed by atoms with Gasteiger partial charge in [0.2, 0.25) is 0 Å². The van der Waals surface area contributed by atoms with Crippen LogP contribution in [0, 0.1) is 22.2 Å². The van der Waals surface area contributed by atoms with Gasteiger partial charge in [-0.05, 0) is 56.8 Å². The molecule has 2 fully saturated rings. The number of hydrogen-bond acceptors (Lipinski definition) is 1. The van der Waals surface area contributed by atoms with Gasteiger partial charge in [-0.1, -0.05) is 37.3 Å². The normalized spacial score (nSPS) is 29.8. The van der Waals surface area contributed by atoms with Crippen molar-refractivity contribution in [2.24, 2.45) is 10.8 Å². The zero-order valence-electron chi connectivity index (χ0n) is 11.5. The number of nitrogens with zero attached hydrogens (tertiary/aromatic N) is 1. The molecule has 0 saturated heterocycles. The van der Waals surface area contributed by atoms with E-state index < -0.39 is 0 Å². The van der Waals surface area contributed by atoms with Crippen molar-refractivity contribution in [2.45, 2.75) is 77.0 Å². The molecule has 0 aliphatic heterocycles. The second kappa shape index (κ2) is 4.72. The Kier molecular flexibility index (Phi) is 3.22. The van der Waals surface area contributed by atoms with E-state index in [2.05, 4.69) is 12.1 Å². The monoisotopic (exact) mass is 243 g/mol. The van der Waals surface area contributed by atoms with Crippen molar-refractivity contribution < 1.29 is 0 Å². The molecule has 0 bridgehead atoms. The summed E-state index contributed by atoms with van der Waals surface area (Å²) in [4.78, 5) is 0. The topological polar surface area (TPSA) is 23.8 Å². The maximum atomic E-state index is 9.68. The van der Waals surface area contributed by atoms with Gasteiger partial charge in [-0.2, -0.15) is 5.26 Å². The van der Waals surface area contributed by atoms with Crippen LogP contribution in [0.2, 0.25) is 0 Å². The van der Waals surface area contributed by atoms with Crippen LogP contribution in [0.5, 0.6) is 0 Å². The molecule has 0 unspecified atom stereocenters. The smallest absolute Gasteiger partial charge is 0.0793 e. The molecule has 3 aliphatic rings. The molecule has 1 spiro atoms. The number of allylic oxidation sites excluding steroid dienone is 2. The molecule has 3 rings (SSSR count). The van der Waals surface area contributed by atoms with Crippen LogP contribution in [0.1, 0.15) is 77.0 Å². The first-order valence-electron chi connectivity index (χ1n) is 7.90. The van der Waals surface area contributed by atoms with E-state index in [4.69, 9.17) is 0 Å². The van der Waals surface area contributed by atoms with Crippen LogP contribution < -0.4 is 0 Å². The van der Waals surface area contributed by atoms with Crippen molar-refractivity contribution in [1.82, 2.24) is 0 Å². The molecule has 98 valence electrons. The summed E-state index contributed by atoms with van der Waals surface area (Å²) in [5, 5.41) is 9.68. The second-order valence-electron chi connectivity index (χ2n) is 6.94. The lowest BCUT2D eigenvalue weighted by Crippen LogP contribution is -2.47. The lowest BCUT2D eigenvalue weighted by atomic mass is 9.47. The zero-order valence-corrected chi connectivity index (χ0v) is 11.5. The van der Waals surface area contributed by atoms with E-state index >= 15 is 0 Å². The summed E-state index contributed by atoms with van der Waals surface area (Å²) >= 11 is 0. The van der Waals surface area contributed by atoms with Crippen LogP contribution >= 0.6 is 0 Å². The maximum absolute atomic E-state index is 9.68. The van der Waals surface area contributed by atoms with Crippen LogP contribution in [0.3, 0.4) is 0 Å². The van der Waals surface area contributed by atoms with E-state index in [0.717, 1.165) is 0 Å². The molecule has 0 N–H and O–H groups in total. The van der Waals surface area contributed by atoms with Crippen LogP contribution in [0.15, 0.2) is 11.6 Å². The Morgan fingerprint density at radius 3 is 2.22 bits per heavy atom. The molecule has 0 amide bonds. The summed E-state index contributed by atoms with van der Waals surface area (Å²) < 4.78 is 0. The van der Waals surface area contributed by atoms with Gasteiger partial charge in [0.25, 0.3) is 0 Å². The highest BCUT2D eigenvalue weighted by Gasteiger charge is 2.55. The molecule has 18 heavy (non-hydrogen) atoms. The Balaban J connectivity index is 1.74. The van der Waals surface area contributed by atoms with Gasteiger partial charge in [-0.25, -0.2) is 0 Å². The predicted molar refractivity (Wildman–Crippen MR) is 74.0 cm³/mol. The quantitative estimate of drug-likeness (QED) is 0.586. The lowest BCUT2D eigenvalue weighted by molar-refractivity contribution is 0.00948. The van der Waals surface area contributed by atoms with Gasteiger partial charge in [0.05, 0.1) is 11.5 Å². The third-order valence-corrected chi connectivity index (χ3v) is 5.64. The first-order chi connectivity index (χ1) is 8.79. The van der Waals surface area contributed by atoms with Crippen molar-refractivity contribution in [1.29, 1.82) is 5.26 Å². The fraction of sp³-hybridized carbons (Fsp3) is 0.824. The Bertz CT molecular complexity index is 369. The average Bonchev–Trinajstić information content (AvgIpc) is 2.63. The fourth-order valence-corrected chi connectivity index (χ4v) is 4.71. The Labute approximate surface area is 111 Å². The molecular weight excluding hydrogens is 218 g/mol. The third kappa shape index (κ3) is 2.00. The second-order valence-corrected chi connectivity index (χ2v) is 6.94. The van der Waals surface area contributed by atoms with Gasteiger partial charge >= 0.3 is 0 Å². The van der Waals surface area contributed by atoms with E-state index in [1.165, 1.54) is 82.6 Å². The summed E-state index contributed by atoms with van der Waals surface area (Å²) in [7, 11) is 0. The minimum absolute atomic E-state index is 0.0369. The number of hydrogen-bond donors (Lipinski definition) is 0. The zero-order chi connectivity index (χ0) is 12.5. The van der Waals surface area contributed by atoms with E-state index in [1.807, 2.05) is 0 Å². The van der Waals surface area contributed by atoms with Gasteiger partial charge < -0.3 is 0 Å². The van der Waals surface area contributed by atoms with Gasteiger partial charge in [0, 0.05) is 0 Å². The Morgan fingerprint density at radius 1 is 0.944 bits per heavy atom. The summed E-state index contributed by atoms with van der Waals surface area (Å²) in [6, 6.07) is 2.71. The molecule has 3 aliphatic carbocycles. The van der Waals surface area contributed by atoms with Crippen LogP contribution in [0.25, 0.3) is 0 Å². The minimum Gasteiger partial charge on any atom is -0.197 e. The highest BCUT2D eigenvalue weighted by Crippen LogP contribution is 2.64. The Morgan fingerprint density at radius 2 is 1.67 bits per heavy atom. The molecule has 0 atom stereocenters. The largest absolute Gasteiger partial charge is 0.197 e. The minimum atomic E-state index is -0.0369. The average molecular weight is 243 g/mol. The third-order valence-electron chi connectivity index (χ3n) is 5.64. The predicted octanol–water partition coefficient (Wildman–Crippen LogP) is 5.13. The molecule has 0 aromatic heterocycles. The molecule has 0 radical (unpaired) electrons. The summed E-state index contributed by atoms with van der Waals surface area (Å²) in [5.74, 6) is 0. The van der Waals surface area contributed by atoms with Crippen molar-refractivity contribution >= 4 is 0 Å². The fourth-order valence-electron chi connectivity index (χ4n) is 4.71. The standard InChI is InChI=1S/C17H25N/c18-14-17(15-8-4-3-5-9-15)12-16(13-17)10-6-1-2-7-11-16/h8H,1-7,9-13H2. The summed E-state index contributed by atoms with van der Waals surface area (Å²) in [6.07, 6.45) is 18.2. The SMILES string of the molecule is N#CC1(C2=CCCCC2)CC2(CCCCCC2)C1. The summed E-state index contributed by atoms with van der Waals surface area (Å²) in [5.41, 5.74) is 2.03. The van der Waals surface area contributed by atoms with Gasteiger partial charge in [0.15, 0.2) is 0 Å². The van der Waals surface area contributed by atoms with Gasteiger partial charge in [-0.15, -0.1) is 0 Å². The highest BCUT2D eigenvalue weighted by atomic mass is 14.6. The molecule has 2 saturated carbocycles. The van der Waals surface area contributed by atoms with Crippen molar-refractivity contribution in [3.05, 3.63) is 11.6 Å². The molecule has 0 aromatic rings. The lowest BCUT2D eigenvalue weighted by Gasteiger charge is -2.54.